The van der Waals surface area contributed by atoms with Crippen LogP contribution >= 0.6 is 0 Å². The highest BCUT2D eigenvalue weighted by Crippen LogP contribution is 2.17. The Balaban J connectivity index is 2.09. The van der Waals surface area contributed by atoms with Gasteiger partial charge in [0.1, 0.15) is 5.82 Å². The second-order valence-electron chi connectivity index (χ2n) is 3.90. The van der Waals surface area contributed by atoms with E-state index in [1.165, 1.54) is 5.56 Å². The summed E-state index contributed by atoms with van der Waals surface area (Å²) in [6.45, 7) is 0.669. The van der Waals surface area contributed by atoms with Crippen LogP contribution in [-0.2, 0) is 6.54 Å². The van der Waals surface area contributed by atoms with Gasteiger partial charge in [0.2, 0.25) is 0 Å². The molecule has 0 radical (unpaired) electrons. The molecule has 0 saturated carbocycles. The van der Waals surface area contributed by atoms with Gasteiger partial charge in [-0.15, -0.1) is 0 Å². The van der Waals surface area contributed by atoms with Crippen LogP contribution in [0.25, 0.3) is 10.9 Å². The smallest absolute Gasteiger partial charge is 0.122 e. The quantitative estimate of drug-likeness (QED) is 0.724. The van der Waals surface area contributed by atoms with E-state index < -0.39 is 0 Å². The van der Waals surface area contributed by atoms with Crippen LogP contribution in [0.3, 0.4) is 0 Å². The number of nitrogens with two attached hydrogens (primary N) is 1. The number of nitrogens with zero attached hydrogens (tertiary/aromatic N) is 3. The number of hydrogen-bond donors (Lipinski definition) is 1. The first-order valence-corrected chi connectivity index (χ1v) is 5.44. The Morgan fingerprint density at radius 3 is 2.76 bits per heavy atom. The summed E-state index contributed by atoms with van der Waals surface area (Å²) in [7, 11) is 0. The Hall–Kier alpha value is -2.36. The van der Waals surface area contributed by atoms with Crippen molar-refractivity contribution in [3.05, 3.63) is 54.4 Å². The third-order valence-corrected chi connectivity index (χ3v) is 2.81. The van der Waals surface area contributed by atoms with Crippen molar-refractivity contribution in [1.82, 2.24) is 14.8 Å². The largest absolute Gasteiger partial charge is 0.384 e. The number of benzene rings is 1. The standard InChI is InChI=1S/C13H12N4/c14-13-6-8-16-17(13)9-10-5-7-15-12-4-2-1-3-11(10)12/h1-8H,9,14H2. The van der Waals surface area contributed by atoms with E-state index in [0.29, 0.717) is 12.4 Å². The summed E-state index contributed by atoms with van der Waals surface area (Å²) < 4.78 is 1.78. The second-order valence-corrected chi connectivity index (χ2v) is 3.90. The molecule has 0 unspecified atom stereocenters. The highest BCUT2D eigenvalue weighted by atomic mass is 15.3. The molecule has 0 aliphatic carbocycles. The van der Waals surface area contributed by atoms with Crippen molar-refractivity contribution >= 4 is 16.7 Å². The molecule has 2 heterocycles. The van der Waals surface area contributed by atoms with Crippen molar-refractivity contribution in [2.75, 3.05) is 5.73 Å². The third-order valence-electron chi connectivity index (χ3n) is 2.81. The topological polar surface area (TPSA) is 56.7 Å². The molecule has 0 amide bonds. The third kappa shape index (κ3) is 1.73. The maximum absolute atomic E-state index is 5.82. The molecular weight excluding hydrogens is 212 g/mol. The Labute approximate surface area is 98.7 Å². The predicted octanol–water partition coefficient (Wildman–Crippen LogP) is 2.06. The molecule has 0 bridgehead atoms. The van der Waals surface area contributed by atoms with E-state index in [-0.39, 0.29) is 0 Å². The number of aromatic nitrogens is 3. The van der Waals surface area contributed by atoms with Crippen molar-refractivity contribution in [2.24, 2.45) is 0 Å². The summed E-state index contributed by atoms with van der Waals surface area (Å²) >= 11 is 0. The molecule has 0 aliphatic heterocycles. The van der Waals surface area contributed by atoms with E-state index in [0.717, 1.165) is 10.9 Å². The number of pyridine rings is 1. The van der Waals surface area contributed by atoms with Gasteiger partial charge in [-0.1, -0.05) is 18.2 Å². The summed E-state index contributed by atoms with van der Waals surface area (Å²) in [6, 6.07) is 11.9. The molecule has 84 valence electrons. The summed E-state index contributed by atoms with van der Waals surface area (Å²) in [5.41, 5.74) is 7.99. The first-order chi connectivity index (χ1) is 8.34. The van der Waals surface area contributed by atoms with Crippen molar-refractivity contribution in [3.8, 4) is 0 Å². The van der Waals surface area contributed by atoms with Crippen molar-refractivity contribution in [3.63, 3.8) is 0 Å². The molecule has 0 spiro atoms. The number of hydrogen-bond acceptors (Lipinski definition) is 3. The van der Waals surface area contributed by atoms with E-state index in [4.69, 9.17) is 5.73 Å². The van der Waals surface area contributed by atoms with Crippen molar-refractivity contribution in [2.45, 2.75) is 6.54 Å². The molecule has 2 aromatic heterocycles. The number of fused-ring (bicyclic) bond motifs is 1. The zero-order chi connectivity index (χ0) is 11.7. The molecule has 0 saturated heterocycles. The minimum Gasteiger partial charge on any atom is -0.384 e. The predicted molar refractivity (Wildman–Crippen MR) is 67.5 cm³/mol. The number of anilines is 1. The Bertz CT molecular complexity index is 652. The lowest BCUT2D eigenvalue weighted by atomic mass is 10.1. The summed E-state index contributed by atoms with van der Waals surface area (Å²) in [5.74, 6) is 0.672. The summed E-state index contributed by atoms with van der Waals surface area (Å²) in [6.07, 6.45) is 3.52. The van der Waals surface area contributed by atoms with E-state index in [1.54, 1.807) is 16.9 Å². The fourth-order valence-corrected chi connectivity index (χ4v) is 1.93. The van der Waals surface area contributed by atoms with Gasteiger partial charge in [0.25, 0.3) is 0 Å². The lowest BCUT2D eigenvalue weighted by molar-refractivity contribution is 0.700. The Morgan fingerprint density at radius 1 is 1.06 bits per heavy atom. The fraction of sp³-hybridized carbons (Fsp3) is 0.0769. The first kappa shape index (κ1) is 9.84. The van der Waals surface area contributed by atoms with Gasteiger partial charge in [0, 0.05) is 11.6 Å². The number of rotatable bonds is 2. The molecule has 1 aromatic carbocycles. The highest BCUT2D eigenvalue weighted by molar-refractivity contribution is 5.81. The van der Waals surface area contributed by atoms with Gasteiger partial charge in [-0.3, -0.25) is 4.98 Å². The van der Waals surface area contributed by atoms with Crippen LogP contribution in [0.5, 0.6) is 0 Å². The van der Waals surface area contributed by atoms with Gasteiger partial charge in [-0.25, -0.2) is 4.68 Å². The average molecular weight is 224 g/mol. The van der Waals surface area contributed by atoms with E-state index in [1.807, 2.05) is 30.5 Å². The van der Waals surface area contributed by atoms with Crippen LogP contribution in [0.2, 0.25) is 0 Å². The van der Waals surface area contributed by atoms with E-state index in [9.17, 15) is 0 Å². The molecule has 17 heavy (non-hydrogen) atoms. The van der Waals surface area contributed by atoms with E-state index in [2.05, 4.69) is 16.1 Å². The molecule has 2 N–H and O–H groups in total. The SMILES string of the molecule is Nc1ccnn1Cc1ccnc2ccccc12. The van der Waals surface area contributed by atoms with Gasteiger partial charge >= 0.3 is 0 Å². The van der Waals surface area contributed by atoms with Gasteiger partial charge in [-0.05, 0) is 23.8 Å². The van der Waals surface area contributed by atoms with Gasteiger partial charge < -0.3 is 5.73 Å². The summed E-state index contributed by atoms with van der Waals surface area (Å²) in [4.78, 5) is 4.33. The maximum atomic E-state index is 5.82. The molecular formula is C13H12N4. The van der Waals surface area contributed by atoms with Gasteiger partial charge in [0.05, 0.1) is 18.3 Å². The maximum Gasteiger partial charge on any atom is 0.122 e. The second kappa shape index (κ2) is 3.90. The molecule has 3 aromatic rings. The minimum absolute atomic E-state index is 0.669. The van der Waals surface area contributed by atoms with Gasteiger partial charge in [-0.2, -0.15) is 5.10 Å². The minimum atomic E-state index is 0.669. The van der Waals surface area contributed by atoms with Crippen LogP contribution in [0.1, 0.15) is 5.56 Å². The van der Waals surface area contributed by atoms with Crippen molar-refractivity contribution < 1.29 is 0 Å². The molecule has 4 nitrogen and oxygen atoms in total. The Kier molecular flexibility index (Phi) is 2.26. The number of para-hydroxylation sites is 1. The fourth-order valence-electron chi connectivity index (χ4n) is 1.93. The lowest BCUT2D eigenvalue weighted by Gasteiger charge is -2.07. The zero-order valence-electron chi connectivity index (χ0n) is 9.24. The van der Waals surface area contributed by atoms with Crippen LogP contribution < -0.4 is 5.73 Å². The summed E-state index contributed by atoms with van der Waals surface area (Å²) in [5, 5.41) is 5.33. The monoisotopic (exact) mass is 224 g/mol. The van der Waals surface area contributed by atoms with Crippen LogP contribution in [0.15, 0.2) is 48.8 Å². The van der Waals surface area contributed by atoms with Crippen LogP contribution in [0.4, 0.5) is 5.82 Å². The normalized spacial score (nSPS) is 10.8. The molecule has 4 heteroatoms. The van der Waals surface area contributed by atoms with Crippen LogP contribution in [-0.4, -0.2) is 14.8 Å². The van der Waals surface area contributed by atoms with E-state index >= 15 is 0 Å². The molecule has 0 aliphatic rings. The molecule has 0 fully saturated rings. The lowest BCUT2D eigenvalue weighted by Crippen LogP contribution is -2.06. The Morgan fingerprint density at radius 2 is 1.94 bits per heavy atom. The molecule has 0 atom stereocenters. The average Bonchev–Trinajstić information content (AvgIpc) is 2.76. The van der Waals surface area contributed by atoms with Gasteiger partial charge in [0.15, 0.2) is 0 Å². The van der Waals surface area contributed by atoms with Crippen molar-refractivity contribution in [1.29, 1.82) is 0 Å². The zero-order valence-corrected chi connectivity index (χ0v) is 9.24. The highest BCUT2D eigenvalue weighted by Gasteiger charge is 2.04. The first-order valence-electron chi connectivity index (χ1n) is 5.44. The van der Waals surface area contributed by atoms with Crippen LogP contribution in [0, 0.1) is 0 Å². The number of nitrogen functional groups attached to an aromatic ring is 1. The molecule has 3 rings (SSSR count).